The first-order chi connectivity index (χ1) is 9.86. The van der Waals surface area contributed by atoms with E-state index in [0.717, 1.165) is 9.87 Å². The van der Waals surface area contributed by atoms with Crippen LogP contribution in [0.5, 0.6) is 0 Å². The minimum Gasteiger partial charge on any atom is -0.399 e. The second-order valence-corrected chi connectivity index (χ2v) is 6.62. The van der Waals surface area contributed by atoms with Gasteiger partial charge in [0, 0.05) is 12.7 Å². The Morgan fingerprint density at radius 2 is 1.90 bits per heavy atom. The fourth-order valence-electron chi connectivity index (χ4n) is 1.97. The van der Waals surface area contributed by atoms with Crippen LogP contribution in [-0.4, -0.2) is 15.5 Å². The first kappa shape index (κ1) is 14.9. The standard InChI is InChI=1S/C15H15N3O2S/c1-11-4-3-5-14(8-11)18(2)21(19,20)15-7-6-13(17)9-12(15)10-16/h3-9H,17H2,1-2H3. The molecule has 0 aliphatic rings. The zero-order valence-electron chi connectivity index (χ0n) is 11.7. The number of nitrogen functional groups attached to an aromatic ring is 1. The van der Waals surface area contributed by atoms with Crippen LogP contribution in [-0.2, 0) is 10.0 Å². The van der Waals surface area contributed by atoms with E-state index in [0.29, 0.717) is 11.4 Å². The van der Waals surface area contributed by atoms with Crippen LogP contribution in [0.3, 0.4) is 0 Å². The van der Waals surface area contributed by atoms with Gasteiger partial charge in [-0.15, -0.1) is 0 Å². The molecule has 2 aromatic rings. The lowest BCUT2D eigenvalue weighted by Crippen LogP contribution is -2.27. The predicted molar refractivity (Wildman–Crippen MR) is 82.3 cm³/mol. The average molecular weight is 301 g/mol. The Kier molecular flexibility index (Phi) is 3.87. The number of rotatable bonds is 3. The highest BCUT2D eigenvalue weighted by Crippen LogP contribution is 2.26. The Hall–Kier alpha value is -2.52. The fourth-order valence-corrected chi connectivity index (χ4v) is 3.28. The molecular weight excluding hydrogens is 286 g/mol. The molecule has 0 atom stereocenters. The average Bonchev–Trinajstić information content (AvgIpc) is 2.45. The van der Waals surface area contributed by atoms with Gasteiger partial charge in [0.1, 0.15) is 11.0 Å². The van der Waals surface area contributed by atoms with Crippen molar-refractivity contribution in [2.75, 3.05) is 17.1 Å². The number of nitriles is 1. The molecule has 0 spiro atoms. The molecule has 0 saturated heterocycles. The molecule has 0 amide bonds. The number of benzene rings is 2. The van der Waals surface area contributed by atoms with E-state index in [9.17, 15) is 8.42 Å². The van der Waals surface area contributed by atoms with Gasteiger partial charge in [-0.05, 0) is 42.8 Å². The van der Waals surface area contributed by atoms with Gasteiger partial charge in [0.15, 0.2) is 0 Å². The van der Waals surface area contributed by atoms with E-state index >= 15 is 0 Å². The number of hydrogen-bond acceptors (Lipinski definition) is 4. The third-order valence-electron chi connectivity index (χ3n) is 3.13. The summed E-state index contributed by atoms with van der Waals surface area (Å²) in [5.41, 5.74) is 7.47. The maximum Gasteiger partial charge on any atom is 0.265 e. The third kappa shape index (κ3) is 2.83. The van der Waals surface area contributed by atoms with Gasteiger partial charge in [0.25, 0.3) is 10.0 Å². The summed E-state index contributed by atoms with van der Waals surface area (Å²) in [5.74, 6) is 0. The lowest BCUT2D eigenvalue weighted by molar-refractivity contribution is 0.594. The molecule has 0 aromatic heterocycles. The molecule has 0 unspecified atom stereocenters. The zero-order chi connectivity index (χ0) is 15.6. The van der Waals surface area contributed by atoms with Crippen molar-refractivity contribution < 1.29 is 8.42 Å². The summed E-state index contributed by atoms with van der Waals surface area (Å²) in [7, 11) is -2.35. The maximum absolute atomic E-state index is 12.7. The van der Waals surface area contributed by atoms with Crippen molar-refractivity contribution in [1.29, 1.82) is 5.26 Å². The Bertz CT molecular complexity index is 823. The summed E-state index contributed by atoms with van der Waals surface area (Å²) >= 11 is 0. The highest BCUT2D eigenvalue weighted by atomic mass is 32.2. The second-order valence-electron chi connectivity index (χ2n) is 4.68. The third-order valence-corrected chi connectivity index (χ3v) is 4.97. The van der Waals surface area contributed by atoms with Crippen LogP contribution >= 0.6 is 0 Å². The molecule has 0 saturated carbocycles. The van der Waals surface area contributed by atoms with Crippen LogP contribution in [0.4, 0.5) is 11.4 Å². The zero-order valence-corrected chi connectivity index (χ0v) is 12.6. The topological polar surface area (TPSA) is 87.2 Å². The van der Waals surface area contributed by atoms with Crippen molar-refractivity contribution in [3.05, 3.63) is 53.6 Å². The highest BCUT2D eigenvalue weighted by Gasteiger charge is 2.24. The number of nitrogens with two attached hydrogens (primary N) is 1. The van der Waals surface area contributed by atoms with Crippen LogP contribution in [0.1, 0.15) is 11.1 Å². The molecule has 0 radical (unpaired) electrons. The second kappa shape index (κ2) is 5.46. The van der Waals surface area contributed by atoms with E-state index in [1.165, 1.54) is 25.2 Å². The van der Waals surface area contributed by atoms with Crippen molar-refractivity contribution in [3.8, 4) is 6.07 Å². The van der Waals surface area contributed by atoms with Gasteiger partial charge in [0.05, 0.1) is 11.3 Å². The number of nitrogens with zero attached hydrogens (tertiary/aromatic N) is 2. The summed E-state index contributed by atoms with van der Waals surface area (Å²) in [6.07, 6.45) is 0. The van der Waals surface area contributed by atoms with E-state index in [4.69, 9.17) is 11.0 Å². The molecule has 0 aliphatic heterocycles. The molecule has 2 N–H and O–H groups in total. The SMILES string of the molecule is Cc1cccc(N(C)S(=O)(=O)c2ccc(N)cc2C#N)c1. The molecule has 5 nitrogen and oxygen atoms in total. The molecular formula is C15H15N3O2S. The molecule has 6 heteroatoms. The van der Waals surface area contributed by atoms with E-state index < -0.39 is 10.0 Å². The van der Waals surface area contributed by atoms with Gasteiger partial charge in [-0.3, -0.25) is 4.31 Å². The van der Waals surface area contributed by atoms with E-state index in [1.807, 2.05) is 19.1 Å². The quantitative estimate of drug-likeness (QED) is 0.881. The van der Waals surface area contributed by atoms with E-state index in [2.05, 4.69) is 0 Å². The van der Waals surface area contributed by atoms with Gasteiger partial charge in [-0.2, -0.15) is 5.26 Å². The van der Waals surface area contributed by atoms with Gasteiger partial charge in [-0.25, -0.2) is 8.42 Å². The fraction of sp³-hybridized carbons (Fsp3) is 0.133. The minimum atomic E-state index is -3.81. The molecule has 21 heavy (non-hydrogen) atoms. The van der Waals surface area contributed by atoms with Gasteiger partial charge < -0.3 is 5.73 Å². The number of anilines is 2. The van der Waals surface area contributed by atoms with Crippen LogP contribution in [0.2, 0.25) is 0 Å². The first-order valence-corrected chi connectivity index (χ1v) is 7.65. The molecule has 0 aliphatic carbocycles. The summed E-state index contributed by atoms with van der Waals surface area (Å²) in [6, 6.07) is 13.2. The van der Waals surface area contributed by atoms with E-state index in [1.54, 1.807) is 18.2 Å². The Morgan fingerprint density at radius 3 is 2.52 bits per heavy atom. The Balaban J connectivity index is 2.55. The van der Waals surface area contributed by atoms with Crippen LogP contribution in [0.25, 0.3) is 0 Å². The molecule has 108 valence electrons. The lowest BCUT2D eigenvalue weighted by atomic mass is 10.2. The van der Waals surface area contributed by atoms with Gasteiger partial charge in [-0.1, -0.05) is 12.1 Å². The number of aryl methyl sites for hydroxylation is 1. The summed E-state index contributed by atoms with van der Waals surface area (Å²) in [4.78, 5) is -0.0526. The van der Waals surface area contributed by atoms with Crippen molar-refractivity contribution >= 4 is 21.4 Å². The summed E-state index contributed by atoms with van der Waals surface area (Å²) in [5, 5.41) is 9.11. The molecule has 2 rings (SSSR count). The lowest BCUT2D eigenvalue weighted by Gasteiger charge is -2.20. The molecule has 0 fully saturated rings. The van der Waals surface area contributed by atoms with Crippen LogP contribution in [0, 0.1) is 18.3 Å². The first-order valence-electron chi connectivity index (χ1n) is 6.21. The molecule has 0 heterocycles. The molecule has 0 bridgehead atoms. The Morgan fingerprint density at radius 1 is 1.19 bits per heavy atom. The minimum absolute atomic E-state index is 0.0366. The van der Waals surface area contributed by atoms with Crippen LogP contribution in [0.15, 0.2) is 47.4 Å². The van der Waals surface area contributed by atoms with Gasteiger partial charge in [0.2, 0.25) is 0 Å². The number of sulfonamides is 1. The van der Waals surface area contributed by atoms with Crippen molar-refractivity contribution in [1.82, 2.24) is 0 Å². The smallest absolute Gasteiger partial charge is 0.265 e. The van der Waals surface area contributed by atoms with Crippen molar-refractivity contribution in [2.24, 2.45) is 0 Å². The molecule has 2 aromatic carbocycles. The summed E-state index contributed by atoms with van der Waals surface area (Å²) < 4.78 is 26.5. The van der Waals surface area contributed by atoms with E-state index in [-0.39, 0.29) is 10.5 Å². The van der Waals surface area contributed by atoms with Crippen LogP contribution < -0.4 is 10.0 Å². The maximum atomic E-state index is 12.7. The van der Waals surface area contributed by atoms with Crippen molar-refractivity contribution in [2.45, 2.75) is 11.8 Å². The van der Waals surface area contributed by atoms with Crippen molar-refractivity contribution in [3.63, 3.8) is 0 Å². The largest absolute Gasteiger partial charge is 0.399 e. The Labute approximate surface area is 124 Å². The predicted octanol–water partition coefficient (Wildman–Crippen LogP) is 2.27. The number of hydrogen-bond donors (Lipinski definition) is 1. The monoisotopic (exact) mass is 301 g/mol. The normalized spacial score (nSPS) is 10.9. The van der Waals surface area contributed by atoms with Gasteiger partial charge >= 0.3 is 0 Å². The summed E-state index contributed by atoms with van der Waals surface area (Å²) in [6.45, 7) is 1.88. The highest BCUT2D eigenvalue weighted by molar-refractivity contribution is 7.92.